The van der Waals surface area contributed by atoms with E-state index >= 15 is 0 Å². The van der Waals surface area contributed by atoms with Crippen LogP contribution in [0.25, 0.3) is 10.2 Å². The van der Waals surface area contributed by atoms with Gasteiger partial charge in [-0.15, -0.1) is 11.8 Å². The molecule has 0 atom stereocenters. The zero-order valence-corrected chi connectivity index (χ0v) is 22.1. The van der Waals surface area contributed by atoms with Crippen LogP contribution in [0.5, 0.6) is 17.2 Å². The van der Waals surface area contributed by atoms with E-state index in [2.05, 4.69) is 18.7 Å². The van der Waals surface area contributed by atoms with E-state index in [0.717, 1.165) is 46.2 Å². The second-order valence-corrected chi connectivity index (χ2v) is 9.64. The van der Waals surface area contributed by atoms with Gasteiger partial charge in [0.05, 0.1) is 21.3 Å². The number of methoxy groups -OCH3 is 3. The van der Waals surface area contributed by atoms with Gasteiger partial charge in [0.25, 0.3) is 0 Å². The minimum atomic E-state index is 0.0603. The van der Waals surface area contributed by atoms with E-state index < -0.39 is 0 Å². The fourth-order valence-electron chi connectivity index (χ4n) is 3.56. The van der Waals surface area contributed by atoms with Crippen molar-refractivity contribution in [2.75, 3.05) is 58.2 Å². The van der Waals surface area contributed by atoms with E-state index in [1.807, 2.05) is 41.3 Å². The van der Waals surface area contributed by atoms with Crippen molar-refractivity contribution in [3.05, 3.63) is 36.4 Å². The average molecular weight is 504 g/mol. The molecule has 184 valence electrons. The largest absolute Gasteiger partial charge is 0.497 e. The number of carbonyl (C=O) groups excluding carboxylic acids is 1. The number of hydrogen-bond acceptors (Lipinski definition) is 8. The minimum absolute atomic E-state index is 0.0603. The molecule has 2 aromatic carbocycles. The Bertz CT molecular complexity index is 1030. The molecule has 0 saturated carbocycles. The second kappa shape index (κ2) is 12.8. The summed E-state index contributed by atoms with van der Waals surface area (Å²) in [5, 5.41) is 0.671. The molecular formula is C25H33N3O4S2. The predicted molar refractivity (Wildman–Crippen MR) is 141 cm³/mol. The van der Waals surface area contributed by atoms with Crippen molar-refractivity contribution in [3.63, 3.8) is 0 Å². The Morgan fingerprint density at radius 1 is 0.941 bits per heavy atom. The Morgan fingerprint density at radius 2 is 1.62 bits per heavy atom. The normalized spacial score (nSPS) is 11.1. The molecule has 0 saturated heterocycles. The number of fused-ring (bicyclic) bond motifs is 1. The molecule has 0 aliphatic carbocycles. The van der Waals surface area contributed by atoms with Gasteiger partial charge in [0.15, 0.2) is 5.13 Å². The molecule has 0 unspecified atom stereocenters. The monoisotopic (exact) mass is 503 g/mol. The molecule has 0 radical (unpaired) electrons. The number of rotatable bonds is 13. The predicted octanol–water partition coefficient (Wildman–Crippen LogP) is 5.18. The van der Waals surface area contributed by atoms with Crippen LogP contribution in [-0.2, 0) is 4.79 Å². The number of anilines is 1. The van der Waals surface area contributed by atoms with Gasteiger partial charge in [-0.1, -0.05) is 25.2 Å². The van der Waals surface area contributed by atoms with Gasteiger partial charge in [-0.25, -0.2) is 4.98 Å². The van der Waals surface area contributed by atoms with Crippen LogP contribution in [0.4, 0.5) is 5.13 Å². The van der Waals surface area contributed by atoms with Crippen LogP contribution in [0.1, 0.15) is 20.3 Å². The summed E-state index contributed by atoms with van der Waals surface area (Å²) in [6.45, 7) is 7.51. The lowest BCUT2D eigenvalue weighted by Crippen LogP contribution is -2.39. The average Bonchev–Trinajstić information content (AvgIpc) is 3.31. The fourth-order valence-corrected chi connectivity index (χ4v) is 5.52. The molecule has 1 heterocycles. The van der Waals surface area contributed by atoms with Crippen LogP contribution in [0.2, 0.25) is 0 Å². The number of hydrogen-bond donors (Lipinski definition) is 0. The number of nitrogens with zero attached hydrogens (tertiary/aromatic N) is 3. The number of carbonyl (C=O) groups is 1. The zero-order valence-electron chi connectivity index (χ0n) is 20.5. The van der Waals surface area contributed by atoms with Crippen molar-refractivity contribution in [1.82, 2.24) is 9.88 Å². The highest BCUT2D eigenvalue weighted by Gasteiger charge is 2.23. The van der Waals surface area contributed by atoms with Crippen LogP contribution in [0.3, 0.4) is 0 Å². The Kier molecular flexibility index (Phi) is 9.86. The van der Waals surface area contributed by atoms with Gasteiger partial charge in [-0.2, -0.15) is 0 Å². The molecule has 0 fully saturated rings. The van der Waals surface area contributed by atoms with E-state index in [4.69, 9.17) is 19.2 Å². The molecular weight excluding hydrogens is 470 g/mol. The van der Waals surface area contributed by atoms with E-state index in [1.165, 1.54) is 11.3 Å². The SMILES string of the molecule is CCN(CC)CCN(C(=O)CCSc1ccc(OC)cc1)c1nc2c(OC)ccc(OC)c2s1. The Labute approximate surface area is 210 Å². The molecule has 3 rings (SSSR count). The number of thioether (sulfide) groups is 1. The van der Waals surface area contributed by atoms with Gasteiger partial charge in [0.2, 0.25) is 5.91 Å². The molecule has 0 bridgehead atoms. The molecule has 9 heteroatoms. The third-order valence-electron chi connectivity index (χ3n) is 5.61. The standard InChI is InChI=1S/C25H33N3O4S2/c1-6-27(7-2)15-16-28(22(29)14-17-33-19-10-8-18(30-3)9-11-19)25-26-23-20(31-4)12-13-21(32-5)24(23)34-25/h8-13H,6-7,14-17H2,1-5H3. The van der Waals surface area contributed by atoms with Crippen LogP contribution in [-0.4, -0.2) is 69.1 Å². The lowest BCUT2D eigenvalue weighted by molar-refractivity contribution is -0.118. The van der Waals surface area contributed by atoms with Gasteiger partial charge in [0.1, 0.15) is 27.5 Å². The highest BCUT2D eigenvalue weighted by molar-refractivity contribution is 7.99. The summed E-state index contributed by atoms with van der Waals surface area (Å²) in [4.78, 5) is 23.4. The first-order valence-electron chi connectivity index (χ1n) is 11.4. The smallest absolute Gasteiger partial charge is 0.229 e. The van der Waals surface area contributed by atoms with Crippen molar-refractivity contribution in [3.8, 4) is 17.2 Å². The Balaban J connectivity index is 1.80. The van der Waals surface area contributed by atoms with Crippen molar-refractivity contribution in [1.29, 1.82) is 0 Å². The minimum Gasteiger partial charge on any atom is -0.497 e. The number of aromatic nitrogens is 1. The summed E-state index contributed by atoms with van der Waals surface area (Å²) in [6, 6.07) is 11.6. The fraction of sp³-hybridized carbons (Fsp3) is 0.440. The van der Waals surface area contributed by atoms with Gasteiger partial charge < -0.3 is 19.1 Å². The number of thiazole rings is 1. The summed E-state index contributed by atoms with van der Waals surface area (Å²) >= 11 is 3.13. The number of ether oxygens (including phenoxy) is 3. The number of amides is 1. The van der Waals surface area contributed by atoms with E-state index in [0.29, 0.717) is 29.6 Å². The highest BCUT2D eigenvalue weighted by Crippen LogP contribution is 2.40. The lowest BCUT2D eigenvalue weighted by atomic mass is 10.3. The van der Waals surface area contributed by atoms with Gasteiger partial charge in [-0.05, 0) is 49.5 Å². The summed E-state index contributed by atoms with van der Waals surface area (Å²) < 4.78 is 17.1. The maximum atomic E-state index is 13.4. The van der Waals surface area contributed by atoms with E-state index in [-0.39, 0.29) is 5.91 Å². The molecule has 0 spiro atoms. The first-order chi connectivity index (χ1) is 16.5. The van der Waals surface area contributed by atoms with Gasteiger partial charge >= 0.3 is 0 Å². The summed E-state index contributed by atoms with van der Waals surface area (Å²) in [5.74, 6) is 2.97. The van der Waals surface area contributed by atoms with Crippen LogP contribution in [0, 0.1) is 0 Å². The molecule has 7 nitrogen and oxygen atoms in total. The Morgan fingerprint density at radius 3 is 2.24 bits per heavy atom. The van der Waals surface area contributed by atoms with Crippen molar-refractivity contribution < 1.29 is 19.0 Å². The van der Waals surface area contributed by atoms with Crippen LogP contribution in [0.15, 0.2) is 41.3 Å². The topological polar surface area (TPSA) is 64.1 Å². The lowest BCUT2D eigenvalue weighted by Gasteiger charge is -2.24. The zero-order chi connectivity index (χ0) is 24.5. The first kappa shape index (κ1) is 26.1. The first-order valence-corrected chi connectivity index (χ1v) is 13.2. The second-order valence-electron chi connectivity index (χ2n) is 7.49. The van der Waals surface area contributed by atoms with Gasteiger partial charge in [-0.3, -0.25) is 9.69 Å². The maximum Gasteiger partial charge on any atom is 0.229 e. The molecule has 0 aliphatic rings. The van der Waals surface area contributed by atoms with Crippen molar-refractivity contribution in [2.24, 2.45) is 0 Å². The maximum absolute atomic E-state index is 13.4. The number of likely N-dealkylation sites (N-methyl/N-ethyl adjacent to an activating group) is 1. The highest BCUT2D eigenvalue weighted by atomic mass is 32.2. The quantitative estimate of drug-likeness (QED) is 0.298. The van der Waals surface area contributed by atoms with E-state index in [9.17, 15) is 4.79 Å². The molecule has 0 N–H and O–H groups in total. The van der Waals surface area contributed by atoms with E-state index in [1.54, 1.807) is 33.1 Å². The third kappa shape index (κ3) is 6.34. The van der Waals surface area contributed by atoms with Crippen LogP contribution < -0.4 is 19.1 Å². The Hall–Kier alpha value is -2.49. The summed E-state index contributed by atoms with van der Waals surface area (Å²) in [6.07, 6.45) is 0.416. The molecule has 1 amide bonds. The number of benzene rings is 2. The molecule has 3 aromatic rings. The van der Waals surface area contributed by atoms with Crippen LogP contribution >= 0.6 is 23.1 Å². The molecule has 1 aromatic heterocycles. The van der Waals surface area contributed by atoms with Crippen molar-refractivity contribution >= 4 is 44.4 Å². The molecule has 0 aliphatic heterocycles. The molecule has 34 heavy (non-hydrogen) atoms. The summed E-state index contributed by atoms with van der Waals surface area (Å²) in [5.41, 5.74) is 0.718. The third-order valence-corrected chi connectivity index (χ3v) is 7.72. The van der Waals surface area contributed by atoms with Gasteiger partial charge in [0, 0.05) is 30.2 Å². The van der Waals surface area contributed by atoms with Crippen molar-refractivity contribution in [2.45, 2.75) is 25.2 Å². The summed E-state index contributed by atoms with van der Waals surface area (Å²) in [7, 11) is 4.92.